The number of hydrogen-bond acceptors (Lipinski definition) is 6. The van der Waals surface area contributed by atoms with E-state index in [1.807, 2.05) is 20.8 Å². The summed E-state index contributed by atoms with van der Waals surface area (Å²) in [7, 11) is 1.72. The molecule has 0 fully saturated rings. The minimum atomic E-state index is -0.486. The van der Waals surface area contributed by atoms with Crippen molar-refractivity contribution in [2.45, 2.75) is 26.8 Å². The number of aromatic nitrogens is 3. The fourth-order valence-corrected chi connectivity index (χ4v) is 2.87. The van der Waals surface area contributed by atoms with Crippen LogP contribution in [0.15, 0.2) is 6.33 Å². The molecule has 0 bridgehead atoms. The van der Waals surface area contributed by atoms with Crippen LogP contribution >= 0.6 is 11.3 Å². The van der Waals surface area contributed by atoms with Crippen molar-refractivity contribution in [2.24, 2.45) is 7.05 Å². The zero-order valence-corrected chi connectivity index (χ0v) is 12.0. The first-order valence-corrected chi connectivity index (χ1v) is 6.58. The summed E-state index contributed by atoms with van der Waals surface area (Å²) >= 11 is 1.59. The molecule has 0 saturated carbocycles. The first-order valence-electron chi connectivity index (χ1n) is 5.76. The molecule has 1 unspecified atom stereocenters. The van der Waals surface area contributed by atoms with Gasteiger partial charge in [0.25, 0.3) is 0 Å². The van der Waals surface area contributed by atoms with E-state index >= 15 is 0 Å². The number of aryl methyl sites for hydroxylation is 3. The second-order valence-corrected chi connectivity index (χ2v) is 5.57. The van der Waals surface area contributed by atoms with E-state index in [4.69, 9.17) is 0 Å². The molecule has 2 aromatic rings. The highest BCUT2D eigenvalue weighted by Gasteiger charge is 2.23. The van der Waals surface area contributed by atoms with Crippen LogP contribution in [0.5, 0.6) is 0 Å². The molecule has 0 radical (unpaired) electrons. The Kier molecular flexibility index (Phi) is 3.52. The molecular formula is C11H15N5O2S. The maximum Gasteiger partial charge on any atom is 0.406 e. The molecule has 102 valence electrons. The molecule has 1 atom stereocenters. The lowest BCUT2D eigenvalue weighted by Gasteiger charge is -2.13. The smallest absolute Gasteiger partial charge is 0.358 e. The monoisotopic (exact) mass is 281 g/mol. The number of thiazole rings is 1. The Balaban J connectivity index is 2.29. The molecule has 0 aliphatic heterocycles. The fourth-order valence-electron chi connectivity index (χ4n) is 1.94. The van der Waals surface area contributed by atoms with E-state index in [1.54, 1.807) is 23.0 Å². The maximum absolute atomic E-state index is 10.9. The van der Waals surface area contributed by atoms with E-state index in [0.717, 1.165) is 15.6 Å². The Morgan fingerprint density at radius 2 is 2.21 bits per heavy atom. The number of nitro groups is 1. The van der Waals surface area contributed by atoms with Crippen LogP contribution in [0.25, 0.3) is 0 Å². The second kappa shape index (κ2) is 4.96. The molecule has 19 heavy (non-hydrogen) atoms. The molecule has 0 spiro atoms. The highest BCUT2D eigenvalue weighted by atomic mass is 32.1. The van der Waals surface area contributed by atoms with Gasteiger partial charge in [0.15, 0.2) is 0 Å². The third kappa shape index (κ3) is 2.58. The van der Waals surface area contributed by atoms with Gasteiger partial charge < -0.3 is 15.4 Å². The first kappa shape index (κ1) is 13.5. The average molecular weight is 281 g/mol. The molecule has 2 heterocycles. The van der Waals surface area contributed by atoms with E-state index in [1.165, 1.54) is 6.33 Å². The van der Waals surface area contributed by atoms with Crippen molar-refractivity contribution in [3.8, 4) is 0 Å². The van der Waals surface area contributed by atoms with Crippen LogP contribution in [0.3, 0.4) is 0 Å². The van der Waals surface area contributed by atoms with Gasteiger partial charge in [-0.25, -0.2) is 4.98 Å². The van der Waals surface area contributed by atoms with E-state index < -0.39 is 4.92 Å². The summed E-state index contributed by atoms with van der Waals surface area (Å²) in [5, 5.41) is 15.0. The van der Waals surface area contributed by atoms with Crippen molar-refractivity contribution in [1.29, 1.82) is 0 Å². The summed E-state index contributed by atoms with van der Waals surface area (Å²) < 4.78 is 1.61. The number of anilines is 1. The van der Waals surface area contributed by atoms with Gasteiger partial charge in [0.05, 0.1) is 16.7 Å². The molecule has 2 aromatic heterocycles. The minimum Gasteiger partial charge on any atom is -0.358 e. The SMILES string of the molecule is Cc1nc(C)c(C(C)Nc2c([N+](=O)[O-])ncn2C)s1. The largest absolute Gasteiger partial charge is 0.406 e. The maximum atomic E-state index is 10.9. The van der Waals surface area contributed by atoms with Gasteiger partial charge >= 0.3 is 5.82 Å². The zero-order chi connectivity index (χ0) is 14.2. The highest BCUT2D eigenvalue weighted by molar-refractivity contribution is 7.11. The quantitative estimate of drug-likeness (QED) is 0.687. The molecule has 0 aliphatic carbocycles. The van der Waals surface area contributed by atoms with Gasteiger partial charge in [-0.3, -0.25) is 4.57 Å². The van der Waals surface area contributed by atoms with Gasteiger partial charge in [0, 0.05) is 11.9 Å². The summed E-state index contributed by atoms with van der Waals surface area (Å²) in [5.74, 6) is 0.246. The Hall–Kier alpha value is -1.96. The van der Waals surface area contributed by atoms with Crippen LogP contribution in [0.4, 0.5) is 11.6 Å². The third-order valence-corrected chi connectivity index (χ3v) is 4.03. The Morgan fingerprint density at radius 1 is 1.53 bits per heavy atom. The molecule has 0 aliphatic rings. The van der Waals surface area contributed by atoms with Gasteiger partial charge in [-0.2, -0.15) is 0 Å². The summed E-state index contributed by atoms with van der Waals surface area (Å²) in [6, 6.07) is -0.0553. The van der Waals surface area contributed by atoms with Crippen molar-refractivity contribution in [2.75, 3.05) is 5.32 Å². The predicted molar refractivity (Wildman–Crippen MR) is 73.5 cm³/mol. The number of nitrogens with one attached hydrogen (secondary N) is 1. The number of imidazole rings is 1. The Bertz CT molecular complexity index is 619. The third-order valence-electron chi connectivity index (χ3n) is 2.78. The summed E-state index contributed by atoms with van der Waals surface area (Å²) in [6.07, 6.45) is 1.43. The van der Waals surface area contributed by atoms with Gasteiger partial charge in [0.1, 0.15) is 0 Å². The van der Waals surface area contributed by atoms with E-state index in [0.29, 0.717) is 5.82 Å². The van der Waals surface area contributed by atoms with Gasteiger partial charge in [-0.15, -0.1) is 11.3 Å². The molecule has 1 N–H and O–H groups in total. The van der Waals surface area contributed by atoms with Crippen molar-refractivity contribution >= 4 is 23.0 Å². The number of hydrogen-bond donors (Lipinski definition) is 1. The Morgan fingerprint density at radius 3 is 2.74 bits per heavy atom. The first-order chi connectivity index (χ1) is 8.90. The predicted octanol–water partition coefficient (Wildman–Crippen LogP) is 2.57. The standard InChI is InChI=1S/C11H15N5O2S/c1-6-9(19-8(3)13-6)7(2)14-11-10(16(17)18)12-5-15(11)4/h5,7,14H,1-4H3. The van der Waals surface area contributed by atoms with Crippen molar-refractivity contribution < 1.29 is 4.92 Å². The minimum absolute atomic E-state index is 0.0553. The van der Waals surface area contributed by atoms with Crippen LogP contribution in [-0.2, 0) is 7.05 Å². The van der Waals surface area contributed by atoms with E-state index in [2.05, 4.69) is 15.3 Å². The molecule has 2 rings (SSSR count). The lowest BCUT2D eigenvalue weighted by atomic mass is 10.2. The van der Waals surface area contributed by atoms with E-state index in [9.17, 15) is 10.1 Å². The second-order valence-electron chi connectivity index (χ2n) is 4.33. The van der Waals surface area contributed by atoms with Crippen LogP contribution in [-0.4, -0.2) is 19.5 Å². The summed E-state index contributed by atoms with van der Waals surface area (Å²) in [6.45, 7) is 5.84. The van der Waals surface area contributed by atoms with Crippen LogP contribution in [0.1, 0.15) is 28.5 Å². The van der Waals surface area contributed by atoms with Crippen LogP contribution in [0, 0.1) is 24.0 Å². The number of nitrogens with zero attached hydrogens (tertiary/aromatic N) is 4. The fraction of sp³-hybridized carbons (Fsp3) is 0.455. The van der Waals surface area contributed by atoms with Gasteiger partial charge in [-0.1, -0.05) is 0 Å². The summed E-state index contributed by atoms with van der Waals surface area (Å²) in [5.41, 5.74) is 0.951. The van der Waals surface area contributed by atoms with Crippen LogP contribution in [0.2, 0.25) is 0 Å². The van der Waals surface area contributed by atoms with Gasteiger partial charge in [-0.05, 0) is 30.7 Å². The van der Waals surface area contributed by atoms with Crippen molar-refractivity contribution in [3.63, 3.8) is 0 Å². The average Bonchev–Trinajstić information content (AvgIpc) is 2.83. The number of rotatable bonds is 4. The normalized spacial score (nSPS) is 12.4. The summed E-state index contributed by atoms with van der Waals surface area (Å²) in [4.78, 5) is 19.6. The topological polar surface area (TPSA) is 85.9 Å². The molecule has 0 saturated heterocycles. The molecule has 8 heteroatoms. The molecule has 7 nitrogen and oxygen atoms in total. The van der Waals surface area contributed by atoms with Gasteiger partial charge in [0.2, 0.25) is 12.1 Å². The van der Waals surface area contributed by atoms with Crippen LogP contribution < -0.4 is 5.32 Å². The highest BCUT2D eigenvalue weighted by Crippen LogP contribution is 2.30. The lowest BCUT2D eigenvalue weighted by Crippen LogP contribution is -2.10. The lowest BCUT2D eigenvalue weighted by molar-refractivity contribution is -0.388. The Labute approximate surface area is 114 Å². The molecular weight excluding hydrogens is 266 g/mol. The zero-order valence-electron chi connectivity index (χ0n) is 11.2. The van der Waals surface area contributed by atoms with Crippen molar-refractivity contribution in [3.05, 3.63) is 32.0 Å². The molecule has 0 amide bonds. The molecule has 0 aromatic carbocycles. The van der Waals surface area contributed by atoms with E-state index in [-0.39, 0.29) is 11.9 Å². The van der Waals surface area contributed by atoms with Crippen molar-refractivity contribution in [1.82, 2.24) is 14.5 Å².